The third kappa shape index (κ3) is 10.4. The molecule has 0 bridgehead atoms. The molecule has 0 unspecified atom stereocenters. The van der Waals surface area contributed by atoms with Crippen LogP contribution in [0.1, 0.15) is 28.7 Å². The summed E-state index contributed by atoms with van der Waals surface area (Å²) in [6.45, 7) is 5.90. The summed E-state index contributed by atoms with van der Waals surface area (Å²) in [5.74, 6) is 0. The van der Waals surface area contributed by atoms with Gasteiger partial charge in [-0.3, -0.25) is 0 Å². The SMILES string of the molecule is C=CC[C@@H](NCc1ccccc1)[C@@H](OCc1ccccc1)[C@H](OCc1ccccc1)[C@@H](O)COCc1ccccc1. The Balaban J connectivity index is 1.56. The molecule has 4 aromatic rings. The summed E-state index contributed by atoms with van der Waals surface area (Å²) >= 11 is 0. The van der Waals surface area contributed by atoms with Gasteiger partial charge in [-0.15, -0.1) is 6.58 Å². The minimum absolute atomic E-state index is 0.110. The average Bonchev–Trinajstić information content (AvgIpc) is 3.03. The number of aliphatic hydroxyl groups is 1. The largest absolute Gasteiger partial charge is 0.388 e. The molecule has 0 radical (unpaired) electrons. The molecule has 5 heteroatoms. The maximum Gasteiger partial charge on any atom is 0.114 e. The highest BCUT2D eigenvalue weighted by atomic mass is 16.6. The fourth-order valence-electron chi connectivity index (χ4n) is 4.72. The lowest BCUT2D eigenvalue weighted by Gasteiger charge is -2.36. The zero-order valence-electron chi connectivity index (χ0n) is 23.6. The van der Waals surface area contributed by atoms with E-state index in [4.69, 9.17) is 14.2 Å². The Hall–Kier alpha value is -3.58. The van der Waals surface area contributed by atoms with E-state index in [1.807, 2.05) is 115 Å². The molecule has 0 amide bonds. The van der Waals surface area contributed by atoms with Crippen molar-refractivity contribution < 1.29 is 19.3 Å². The van der Waals surface area contributed by atoms with E-state index in [-0.39, 0.29) is 12.6 Å². The lowest BCUT2D eigenvalue weighted by molar-refractivity contribution is -0.156. The molecule has 4 atom stereocenters. The molecule has 0 fully saturated rings. The lowest BCUT2D eigenvalue weighted by atomic mass is 9.97. The van der Waals surface area contributed by atoms with E-state index < -0.39 is 18.3 Å². The molecule has 4 rings (SSSR count). The first-order chi connectivity index (χ1) is 20.2. The second-order valence-electron chi connectivity index (χ2n) is 10.1. The molecule has 0 saturated heterocycles. The van der Waals surface area contributed by atoms with Crippen molar-refractivity contribution in [1.29, 1.82) is 0 Å². The van der Waals surface area contributed by atoms with Crippen LogP contribution in [-0.4, -0.2) is 36.1 Å². The highest BCUT2D eigenvalue weighted by molar-refractivity contribution is 5.16. The minimum Gasteiger partial charge on any atom is -0.388 e. The van der Waals surface area contributed by atoms with Gasteiger partial charge in [0.2, 0.25) is 0 Å². The summed E-state index contributed by atoms with van der Waals surface area (Å²) in [5.41, 5.74) is 4.29. The smallest absolute Gasteiger partial charge is 0.114 e. The third-order valence-electron chi connectivity index (χ3n) is 6.90. The molecule has 0 spiro atoms. The summed E-state index contributed by atoms with van der Waals surface area (Å²) < 4.78 is 19.1. The quantitative estimate of drug-likeness (QED) is 0.139. The monoisotopic (exact) mass is 551 g/mol. The van der Waals surface area contributed by atoms with Crippen LogP contribution in [0.25, 0.3) is 0 Å². The zero-order valence-corrected chi connectivity index (χ0v) is 23.6. The Kier molecular flexibility index (Phi) is 12.8. The van der Waals surface area contributed by atoms with E-state index in [2.05, 4.69) is 24.0 Å². The molecule has 0 heterocycles. The molecule has 0 aliphatic carbocycles. The third-order valence-corrected chi connectivity index (χ3v) is 6.90. The van der Waals surface area contributed by atoms with Crippen molar-refractivity contribution >= 4 is 0 Å². The molecule has 5 nitrogen and oxygen atoms in total. The van der Waals surface area contributed by atoms with Crippen LogP contribution in [0.4, 0.5) is 0 Å². The van der Waals surface area contributed by atoms with Crippen LogP contribution in [0.3, 0.4) is 0 Å². The van der Waals surface area contributed by atoms with Gasteiger partial charge in [-0.1, -0.05) is 127 Å². The fraction of sp³-hybridized carbons (Fsp3) is 0.278. The lowest BCUT2D eigenvalue weighted by Crippen LogP contribution is -2.53. The fourth-order valence-corrected chi connectivity index (χ4v) is 4.72. The standard InChI is InChI=1S/C36H41NO4/c1-2-15-33(37-24-29-16-7-3-8-17-29)35(40-26-31-20-11-5-12-21-31)36(41-27-32-22-13-6-14-23-32)34(38)28-39-25-30-18-9-4-10-19-30/h2-14,16-23,33-38H,1,15,24-28H2/t33-,34+,35-,36-/m1/s1. The minimum atomic E-state index is -0.922. The van der Waals surface area contributed by atoms with Crippen LogP contribution < -0.4 is 5.32 Å². The second kappa shape index (κ2) is 17.3. The van der Waals surface area contributed by atoms with Gasteiger partial charge in [0.15, 0.2) is 0 Å². The number of hydrogen-bond donors (Lipinski definition) is 2. The molecule has 0 aromatic heterocycles. The first-order valence-corrected chi connectivity index (χ1v) is 14.2. The van der Waals surface area contributed by atoms with Crippen molar-refractivity contribution in [3.05, 3.63) is 156 Å². The highest BCUT2D eigenvalue weighted by Gasteiger charge is 2.36. The van der Waals surface area contributed by atoms with E-state index in [0.717, 1.165) is 22.3 Å². The molecule has 2 N–H and O–H groups in total. The number of hydrogen-bond acceptors (Lipinski definition) is 5. The summed E-state index contributed by atoms with van der Waals surface area (Å²) in [5, 5.41) is 15.2. The number of ether oxygens (including phenoxy) is 3. The van der Waals surface area contributed by atoms with Gasteiger partial charge < -0.3 is 24.6 Å². The van der Waals surface area contributed by atoms with Gasteiger partial charge in [-0.25, -0.2) is 0 Å². The van der Waals surface area contributed by atoms with Gasteiger partial charge in [0.25, 0.3) is 0 Å². The summed E-state index contributed by atoms with van der Waals surface area (Å²) in [7, 11) is 0. The Labute approximate surface area is 244 Å². The second-order valence-corrected chi connectivity index (χ2v) is 10.1. The predicted octanol–water partition coefficient (Wildman–Crippen LogP) is 6.47. The predicted molar refractivity (Wildman–Crippen MR) is 164 cm³/mol. The van der Waals surface area contributed by atoms with Crippen LogP contribution in [0.15, 0.2) is 134 Å². The topological polar surface area (TPSA) is 60.0 Å². The number of benzene rings is 4. The molecule has 0 aliphatic rings. The van der Waals surface area contributed by atoms with Gasteiger partial charge in [0.05, 0.1) is 26.4 Å². The maximum atomic E-state index is 11.6. The molecule has 0 aliphatic heterocycles. The van der Waals surface area contributed by atoms with Crippen molar-refractivity contribution in [1.82, 2.24) is 5.32 Å². The van der Waals surface area contributed by atoms with Gasteiger partial charge in [-0.05, 0) is 28.7 Å². The number of aliphatic hydroxyl groups excluding tert-OH is 1. The molecular formula is C36H41NO4. The van der Waals surface area contributed by atoms with E-state index in [1.54, 1.807) is 0 Å². The Bertz CT molecular complexity index is 1240. The van der Waals surface area contributed by atoms with E-state index >= 15 is 0 Å². The molecule has 214 valence electrons. The molecular weight excluding hydrogens is 510 g/mol. The zero-order chi connectivity index (χ0) is 28.5. The van der Waals surface area contributed by atoms with Crippen LogP contribution >= 0.6 is 0 Å². The number of nitrogens with one attached hydrogen (secondary N) is 1. The average molecular weight is 552 g/mol. The maximum absolute atomic E-state index is 11.6. The van der Waals surface area contributed by atoms with Crippen LogP contribution in [-0.2, 0) is 40.6 Å². The van der Waals surface area contributed by atoms with Crippen molar-refractivity contribution in [2.24, 2.45) is 0 Å². The van der Waals surface area contributed by atoms with E-state index in [9.17, 15) is 5.11 Å². The Morgan fingerprint density at radius 1 is 0.610 bits per heavy atom. The normalized spacial score (nSPS) is 14.2. The van der Waals surface area contributed by atoms with Gasteiger partial charge in [0.1, 0.15) is 18.3 Å². The van der Waals surface area contributed by atoms with Gasteiger partial charge >= 0.3 is 0 Å². The van der Waals surface area contributed by atoms with Crippen molar-refractivity contribution in [2.75, 3.05) is 6.61 Å². The molecule has 4 aromatic carbocycles. The van der Waals surface area contributed by atoms with Crippen LogP contribution in [0.2, 0.25) is 0 Å². The summed E-state index contributed by atoms with van der Waals surface area (Å²) in [6.07, 6.45) is 0.441. The van der Waals surface area contributed by atoms with Gasteiger partial charge in [-0.2, -0.15) is 0 Å². The Morgan fingerprint density at radius 3 is 1.54 bits per heavy atom. The van der Waals surface area contributed by atoms with Crippen molar-refractivity contribution in [3.8, 4) is 0 Å². The summed E-state index contributed by atoms with van der Waals surface area (Å²) in [4.78, 5) is 0. The first kappa shape index (κ1) is 30.4. The number of rotatable bonds is 18. The molecule has 0 saturated carbocycles. The van der Waals surface area contributed by atoms with Crippen molar-refractivity contribution in [2.45, 2.75) is 57.1 Å². The Morgan fingerprint density at radius 2 is 1.05 bits per heavy atom. The molecule has 41 heavy (non-hydrogen) atoms. The first-order valence-electron chi connectivity index (χ1n) is 14.2. The van der Waals surface area contributed by atoms with E-state index in [1.165, 1.54) is 0 Å². The summed E-state index contributed by atoms with van der Waals surface area (Å²) in [6, 6.07) is 40.1. The van der Waals surface area contributed by atoms with Crippen LogP contribution in [0, 0.1) is 0 Å². The van der Waals surface area contributed by atoms with E-state index in [0.29, 0.717) is 32.8 Å². The highest BCUT2D eigenvalue weighted by Crippen LogP contribution is 2.21. The van der Waals surface area contributed by atoms with Crippen LogP contribution in [0.5, 0.6) is 0 Å². The van der Waals surface area contributed by atoms with Crippen molar-refractivity contribution in [3.63, 3.8) is 0 Å². The van der Waals surface area contributed by atoms with Gasteiger partial charge in [0, 0.05) is 12.6 Å².